The third kappa shape index (κ3) is 13.3. The van der Waals surface area contributed by atoms with Gasteiger partial charge in [0.1, 0.15) is 0 Å². The van der Waals surface area contributed by atoms with Crippen molar-refractivity contribution in [3.8, 4) is 12.0 Å². The van der Waals surface area contributed by atoms with Crippen LogP contribution in [0.3, 0.4) is 0 Å². The van der Waals surface area contributed by atoms with Crippen molar-refractivity contribution < 1.29 is 0 Å². The van der Waals surface area contributed by atoms with Gasteiger partial charge in [-0.05, 0) is 12.5 Å². The molecule has 0 spiro atoms. The maximum atomic E-state index is 3.29. The molecule has 0 aromatic rings. The zero-order valence-corrected chi connectivity index (χ0v) is 16.1. The Hall–Kier alpha value is -1.16. The monoisotopic (exact) mass is 329 g/mol. The molecule has 0 atom stereocenters. The Balaban J connectivity index is 1.74. The van der Waals surface area contributed by atoms with E-state index in [2.05, 4.69) is 42.1 Å². The lowest BCUT2D eigenvalue weighted by molar-refractivity contribution is 0.536. The Kier molecular flexibility index (Phi) is 14.5. The summed E-state index contributed by atoms with van der Waals surface area (Å²) in [5.41, 5.74) is 0. The Morgan fingerprint density at radius 1 is 0.708 bits per heavy atom. The van der Waals surface area contributed by atoms with Gasteiger partial charge in [0.15, 0.2) is 0 Å². The van der Waals surface area contributed by atoms with E-state index in [9.17, 15) is 0 Å². The van der Waals surface area contributed by atoms with Gasteiger partial charge in [-0.15, -0.1) is 0 Å². The summed E-state index contributed by atoms with van der Waals surface area (Å²) in [6, 6.07) is 3.21. The van der Waals surface area contributed by atoms with E-state index in [0.29, 0.717) is 0 Å². The van der Waals surface area contributed by atoms with Crippen LogP contribution in [0.1, 0.15) is 103 Å². The van der Waals surface area contributed by atoms with E-state index in [4.69, 9.17) is 0 Å². The molecule has 1 heterocycles. The molecule has 0 aliphatic carbocycles. The molecule has 1 nitrogen and oxygen atoms in total. The molecule has 0 unspecified atom stereocenters. The van der Waals surface area contributed by atoms with Gasteiger partial charge < -0.3 is 4.90 Å². The SMILES string of the molecule is CCCCCCCCCCCCCCCCC#CN1C=CC=CC1. The van der Waals surface area contributed by atoms with Crippen LogP contribution >= 0.6 is 0 Å². The van der Waals surface area contributed by atoms with E-state index in [1.165, 1.54) is 89.9 Å². The van der Waals surface area contributed by atoms with Gasteiger partial charge in [0.25, 0.3) is 0 Å². The van der Waals surface area contributed by atoms with E-state index >= 15 is 0 Å². The van der Waals surface area contributed by atoms with E-state index in [1.54, 1.807) is 0 Å². The number of allylic oxidation sites excluding steroid dienone is 2. The van der Waals surface area contributed by atoms with E-state index < -0.39 is 0 Å². The number of unbranched alkanes of at least 4 members (excludes halogenated alkanes) is 14. The predicted molar refractivity (Wildman–Crippen MR) is 108 cm³/mol. The zero-order chi connectivity index (χ0) is 17.1. The summed E-state index contributed by atoms with van der Waals surface area (Å²) < 4.78 is 0. The molecular formula is C23H39N. The number of hydrogen-bond acceptors (Lipinski definition) is 1. The van der Waals surface area contributed by atoms with E-state index in [0.717, 1.165) is 13.0 Å². The van der Waals surface area contributed by atoms with Gasteiger partial charge in [-0.1, -0.05) is 108 Å². The molecule has 0 amide bonds. The van der Waals surface area contributed by atoms with E-state index in [-0.39, 0.29) is 0 Å². The minimum atomic E-state index is 0.933. The lowest BCUT2D eigenvalue weighted by Crippen LogP contribution is -2.11. The molecular weight excluding hydrogens is 290 g/mol. The topological polar surface area (TPSA) is 3.24 Å². The van der Waals surface area contributed by atoms with Gasteiger partial charge >= 0.3 is 0 Å². The first-order valence-corrected chi connectivity index (χ1v) is 10.5. The Morgan fingerprint density at radius 2 is 1.25 bits per heavy atom. The van der Waals surface area contributed by atoms with E-state index in [1.807, 2.05) is 6.08 Å². The number of hydrogen-bond donors (Lipinski definition) is 0. The molecule has 0 saturated carbocycles. The molecule has 0 N–H and O–H groups in total. The standard InChI is InChI=1S/C23H39N/c1-2-3-4-5-6-7-8-9-10-11-12-13-14-15-16-18-21-24-22-19-17-20-23-24/h17,19-20,22H,2-16,23H2,1H3. The van der Waals surface area contributed by atoms with Crippen LogP contribution in [0.4, 0.5) is 0 Å². The fraction of sp³-hybridized carbons (Fsp3) is 0.739. The van der Waals surface area contributed by atoms with Crippen molar-refractivity contribution in [3.05, 3.63) is 24.4 Å². The summed E-state index contributed by atoms with van der Waals surface area (Å²) in [6.07, 6.45) is 29.2. The molecule has 1 rings (SSSR count). The normalized spacial score (nSPS) is 13.1. The van der Waals surface area contributed by atoms with Gasteiger partial charge in [-0.25, -0.2) is 0 Å². The molecule has 0 fully saturated rings. The molecule has 0 aromatic carbocycles. The Labute approximate surface area is 151 Å². The molecule has 1 aliphatic heterocycles. The summed E-state index contributed by atoms with van der Waals surface area (Å²) in [5.74, 6) is 3.29. The second-order valence-corrected chi connectivity index (χ2v) is 7.06. The summed E-state index contributed by atoms with van der Waals surface area (Å²) in [4.78, 5) is 2.06. The Morgan fingerprint density at radius 3 is 1.75 bits per heavy atom. The molecule has 0 saturated heterocycles. The van der Waals surface area contributed by atoms with Gasteiger partial charge in [0.2, 0.25) is 0 Å². The molecule has 0 radical (unpaired) electrons. The van der Waals surface area contributed by atoms with Crippen LogP contribution in [0.15, 0.2) is 24.4 Å². The highest BCUT2D eigenvalue weighted by Gasteiger charge is 1.94. The quantitative estimate of drug-likeness (QED) is 0.240. The average molecular weight is 330 g/mol. The van der Waals surface area contributed by atoms with Crippen LogP contribution in [-0.2, 0) is 0 Å². The summed E-state index contributed by atoms with van der Waals surface area (Å²) in [6.45, 7) is 3.22. The van der Waals surface area contributed by atoms with Gasteiger partial charge in [0, 0.05) is 25.2 Å². The second kappa shape index (κ2) is 16.7. The van der Waals surface area contributed by atoms with Crippen molar-refractivity contribution in [2.75, 3.05) is 6.54 Å². The molecule has 1 heteroatoms. The zero-order valence-electron chi connectivity index (χ0n) is 16.1. The van der Waals surface area contributed by atoms with Gasteiger partial charge in [0.05, 0.1) is 0 Å². The first-order chi connectivity index (χ1) is 11.9. The van der Waals surface area contributed by atoms with Crippen molar-refractivity contribution in [2.24, 2.45) is 0 Å². The van der Waals surface area contributed by atoms with Crippen LogP contribution in [-0.4, -0.2) is 11.4 Å². The number of nitrogens with zero attached hydrogens (tertiary/aromatic N) is 1. The highest BCUT2D eigenvalue weighted by molar-refractivity contribution is 5.14. The Bertz CT molecular complexity index is 383. The summed E-state index contributed by atoms with van der Waals surface area (Å²) in [7, 11) is 0. The lowest BCUT2D eigenvalue weighted by atomic mass is 10.0. The predicted octanol–water partition coefficient (Wildman–Crippen LogP) is 7.20. The summed E-state index contributed by atoms with van der Waals surface area (Å²) >= 11 is 0. The van der Waals surface area contributed by atoms with Crippen LogP contribution in [0.2, 0.25) is 0 Å². The maximum Gasteiger partial charge on any atom is 0.0492 e. The van der Waals surface area contributed by atoms with Gasteiger partial charge in [-0.3, -0.25) is 0 Å². The number of rotatable bonds is 14. The molecule has 0 aromatic heterocycles. The lowest BCUT2D eigenvalue weighted by Gasteiger charge is -2.11. The van der Waals surface area contributed by atoms with Crippen LogP contribution in [0.5, 0.6) is 0 Å². The third-order valence-electron chi connectivity index (χ3n) is 4.69. The molecule has 136 valence electrons. The van der Waals surface area contributed by atoms with Crippen LogP contribution < -0.4 is 0 Å². The highest BCUT2D eigenvalue weighted by Crippen LogP contribution is 2.13. The van der Waals surface area contributed by atoms with Crippen LogP contribution in [0, 0.1) is 12.0 Å². The van der Waals surface area contributed by atoms with Crippen LogP contribution in [0.25, 0.3) is 0 Å². The minimum Gasteiger partial charge on any atom is -0.305 e. The minimum absolute atomic E-state index is 0.933. The fourth-order valence-corrected chi connectivity index (χ4v) is 3.12. The maximum absolute atomic E-state index is 3.29. The highest BCUT2D eigenvalue weighted by atomic mass is 15.1. The fourth-order valence-electron chi connectivity index (χ4n) is 3.12. The van der Waals surface area contributed by atoms with Crippen molar-refractivity contribution >= 4 is 0 Å². The molecule has 24 heavy (non-hydrogen) atoms. The first-order valence-electron chi connectivity index (χ1n) is 10.5. The third-order valence-corrected chi connectivity index (χ3v) is 4.69. The molecule has 0 bridgehead atoms. The van der Waals surface area contributed by atoms with Gasteiger partial charge in [-0.2, -0.15) is 0 Å². The first kappa shape index (κ1) is 20.9. The second-order valence-electron chi connectivity index (χ2n) is 7.06. The van der Waals surface area contributed by atoms with Crippen molar-refractivity contribution in [1.29, 1.82) is 0 Å². The van der Waals surface area contributed by atoms with Crippen molar-refractivity contribution in [2.45, 2.75) is 103 Å². The van der Waals surface area contributed by atoms with Crippen molar-refractivity contribution in [1.82, 2.24) is 4.90 Å². The summed E-state index contributed by atoms with van der Waals surface area (Å²) in [5, 5.41) is 0. The largest absolute Gasteiger partial charge is 0.305 e. The smallest absolute Gasteiger partial charge is 0.0492 e. The average Bonchev–Trinajstić information content (AvgIpc) is 2.62. The molecule has 1 aliphatic rings. The van der Waals surface area contributed by atoms with Crippen molar-refractivity contribution in [3.63, 3.8) is 0 Å².